The number of phenols is 1. The van der Waals surface area contributed by atoms with Crippen molar-refractivity contribution in [3.8, 4) is 5.75 Å². The fourth-order valence-corrected chi connectivity index (χ4v) is 2.62. The van der Waals surface area contributed by atoms with E-state index in [1.54, 1.807) is 36.4 Å². The van der Waals surface area contributed by atoms with Gasteiger partial charge in [0.15, 0.2) is 0 Å². The molecule has 3 rings (SSSR count). The van der Waals surface area contributed by atoms with E-state index < -0.39 is 11.8 Å². The van der Waals surface area contributed by atoms with Crippen molar-refractivity contribution in [1.29, 1.82) is 0 Å². The molecule has 0 aliphatic rings. The van der Waals surface area contributed by atoms with Gasteiger partial charge in [-0.3, -0.25) is 9.59 Å². The number of hydrogen-bond donors (Lipinski definition) is 3. The van der Waals surface area contributed by atoms with Gasteiger partial charge >= 0.3 is 11.8 Å². The van der Waals surface area contributed by atoms with E-state index in [0.717, 1.165) is 16.3 Å². The second-order valence-corrected chi connectivity index (χ2v) is 6.16. The van der Waals surface area contributed by atoms with E-state index in [1.165, 1.54) is 6.21 Å². The highest BCUT2D eigenvalue weighted by atomic mass is 35.5. The van der Waals surface area contributed by atoms with Crippen molar-refractivity contribution in [3.05, 3.63) is 76.8 Å². The second-order valence-electron chi connectivity index (χ2n) is 5.73. The molecule has 0 unspecified atom stereocenters. The Balaban J connectivity index is 1.61. The molecule has 0 aromatic heterocycles. The molecule has 0 bridgehead atoms. The molecular weight excluding hydrogens is 366 g/mol. The number of rotatable bonds is 4. The molecule has 0 radical (unpaired) electrons. The summed E-state index contributed by atoms with van der Waals surface area (Å²) in [5.41, 5.74) is 3.42. The molecule has 136 valence electrons. The second kappa shape index (κ2) is 8.33. The van der Waals surface area contributed by atoms with Crippen molar-refractivity contribution in [2.24, 2.45) is 5.10 Å². The van der Waals surface area contributed by atoms with Crippen LogP contribution >= 0.6 is 11.6 Å². The highest BCUT2D eigenvalue weighted by Crippen LogP contribution is 2.25. The predicted molar refractivity (Wildman–Crippen MR) is 105 cm³/mol. The molecule has 7 heteroatoms. The minimum atomic E-state index is -0.903. The van der Waals surface area contributed by atoms with Crippen molar-refractivity contribution in [2.45, 2.75) is 6.54 Å². The third-order valence-electron chi connectivity index (χ3n) is 3.88. The van der Waals surface area contributed by atoms with Gasteiger partial charge in [-0.2, -0.15) is 5.10 Å². The normalized spacial score (nSPS) is 10.9. The summed E-state index contributed by atoms with van der Waals surface area (Å²) in [4.78, 5) is 23.7. The van der Waals surface area contributed by atoms with Gasteiger partial charge in [-0.15, -0.1) is 0 Å². The number of amides is 2. The fraction of sp³-hybridized carbons (Fsp3) is 0.0500. The molecule has 3 N–H and O–H groups in total. The monoisotopic (exact) mass is 381 g/mol. The van der Waals surface area contributed by atoms with Gasteiger partial charge in [0.2, 0.25) is 0 Å². The minimum Gasteiger partial charge on any atom is -0.507 e. The van der Waals surface area contributed by atoms with Crippen LogP contribution in [0, 0.1) is 0 Å². The summed E-state index contributed by atoms with van der Waals surface area (Å²) in [6.07, 6.45) is 1.31. The molecule has 0 saturated carbocycles. The van der Waals surface area contributed by atoms with E-state index in [4.69, 9.17) is 11.6 Å². The summed E-state index contributed by atoms with van der Waals surface area (Å²) in [5.74, 6) is -1.69. The van der Waals surface area contributed by atoms with Crippen LogP contribution in [0.2, 0.25) is 5.02 Å². The van der Waals surface area contributed by atoms with Gasteiger partial charge in [-0.1, -0.05) is 54.1 Å². The summed E-state index contributed by atoms with van der Waals surface area (Å²) in [7, 11) is 0. The summed E-state index contributed by atoms with van der Waals surface area (Å²) in [5, 5.41) is 18.6. The largest absolute Gasteiger partial charge is 0.507 e. The molecule has 0 spiro atoms. The van der Waals surface area contributed by atoms with E-state index in [0.29, 0.717) is 10.6 Å². The Kier molecular flexibility index (Phi) is 5.68. The SMILES string of the molecule is O=C(NCc1ccc(Cl)cc1)C(=O)N/N=C\c1c(O)ccc2ccccc12. The first-order chi connectivity index (χ1) is 13.0. The molecule has 27 heavy (non-hydrogen) atoms. The highest BCUT2D eigenvalue weighted by molar-refractivity contribution is 6.35. The van der Waals surface area contributed by atoms with E-state index in [1.807, 2.05) is 24.3 Å². The lowest BCUT2D eigenvalue weighted by atomic mass is 10.0. The number of carbonyl (C=O) groups excluding carboxylic acids is 2. The van der Waals surface area contributed by atoms with Crippen LogP contribution in [0.4, 0.5) is 0 Å². The van der Waals surface area contributed by atoms with Crippen LogP contribution in [-0.2, 0) is 16.1 Å². The van der Waals surface area contributed by atoms with E-state index in [2.05, 4.69) is 15.8 Å². The van der Waals surface area contributed by atoms with Crippen molar-refractivity contribution in [2.75, 3.05) is 0 Å². The van der Waals surface area contributed by atoms with E-state index >= 15 is 0 Å². The van der Waals surface area contributed by atoms with E-state index in [9.17, 15) is 14.7 Å². The third-order valence-corrected chi connectivity index (χ3v) is 4.13. The van der Waals surface area contributed by atoms with Crippen molar-refractivity contribution in [1.82, 2.24) is 10.7 Å². The fourth-order valence-electron chi connectivity index (χ4n) is 2.49. The average molecular weight is 382 g/mol. The number of aromatic hydroxyl groups is 1. The van der Waals surface area contributed by atoms with Crippen LogP contribution < -0.4 is 10.7 Å². The lowest BCUT2D eigenvalue weighted by molar-refractivity contribution is -0.139. The Morgan fingerprint density at radius 3 is 2.52 bits per heavy atom. The first-order valence-electron chi connectivity index (χ1n) is 8.11. The van der Waals surface area contributed by atoms with Crippen LogP contribution in [0.3, 0.4) is 0 Å². The smallest absolute Gasteiger partial charge is 0.329 e. The summed E-state index contributed by atoms with van der Waals surface area (Å²) in [6.45, 7) is 0.192. The maximum Gasteiger partial charge on any atom is 0.329 e. The first-order valence-corrected chi connectivity index (χ1v) is 8.49. The molecule has 2 amide bonds. The van der Waals surface area contributed by atoms with Crippen LogP contribution in [0.15, 0.2) is 65.8 Å². The van der Waals surface area contributed by atoms with Gasteiger partial charge in [0.25, 0.3) is 0 Å². The predicted octanol–water partition coefficient (Wildman–Crippen LogP) is 2.97. The standard InChI is InChI=1S/C20H16ClN3O3/c21-15-8-5-13(6-9-15)11-22-19(26)20(27)24-23-12-17-16-4-2-1-3-14(16)7-10-18(17)25/h1-10,12,25H,11H2,(H,22,26)(H,24,27)/b23-12-. The number of hydrazone groups is 1. The van der Waals surface area contributed by atoms with Crippen molar-refractivity contribution in [3.63, 3.8) is 0 Å². The zero-order valence-corrected chi connectivity index (χ0v) is 14.9. The maximum absolute atomic E-state index is 11.8. The lowest BCUT2D eigenvalue weighted by Gasteiger charge is -2.05. The molecule has 3 aromatic rings. The van der Waals surface area contributed by atoms with Gasteiger partial charge in [-0.25, -0.2) is 5.43 Å². The highest BCUT2D eigenvalue weighted by Gasteiger charge is 2.12. The number of nitrogens with one attached hydrogen (secondary N) is 2. The number of carbonyl (C=O) groups is 2. The van der Waals surface area contributed by atoms with Crippen LogP contribution in [0.1, 0.15) is 11.1 Å². The van der Waals surface area contributed by atoms with Crippen LogP contribution in [0.25, 0.3) is 10.8 Å². The Labute approximate surface area is 160 Å². The van der Waals surface area contributed by atoms with Gasteiger partial charge < -0.3 is 10.4 Å². The maximum atomic E-state index is 11.8. The number of halogens is 1. The third kappa shape index (κ3) is 4.62. The quantitative estimate of drug-likeness (QED) is 0.368. The molecule has 0 saturated heterocycles. The number of fused-ring (bicyclic) bond motifs is 1. The molecular formula is C20H16ClN3O3. The van der Waals surface area contributed by atoms with E-state index in [-0.39, 0.29) is 12.3 Å². The summed E-state index contributed by atoms with van der Waals surface area (Å²) in [6, 6.07) is 17.7. The molecule has 0 aliphatic heterocycles. The Morgan fingerprint density at radius 1 is 1.00 bits per heavy atom. The van der Waals surface area contributed by atoms with Gasteiger partial charge in [0, 0.05) is 17.1 Å². The average Bonchev–Trinajstić information content (AvgIpc) is 2.68. The Hall–Kier alpha value is -3.38. The Bertz CT molecular complexity index is 1020. The number of benzene rings is 3. The Morgan fingerprint density at radius 2 is 1.74 bits per heavy atom. The number of hydrogen-bond acceptors (Lipinski definition) is 4. The minimum absolute atomic E-state index is 0.0267. The van der Waals surface area contributed by atoms with Crippen LogP contribution in [-0.4, -0.2) is 23.1 Å². The molecule has 0 heterocycles. The summed E-state index contributed by atoms with van der Waals surface area (Å²) < 4.78 is 0. The molecule has 0 aliphatic carbocycles. The number of phenolic OH excluding ortho intramolecular Hbond substituents is 1. The van der Waals surface area contributed by atoms with Gasteiger partial charge in [0.1, 0.15) is 5.75 Å². The number of nitrogens with zero attached hydrogens (tertiary/aromatic N) is 1. The lowest BCUT2D eigenvalue weighted by Crippen LogP contribution is -2.37. The molecule has 3 aromatic carbocycles. The first kappa shape index (κ1) is 18.4. The van der Waals surface area contributed by atoms with Gasteiger partial charge in [-0.05, 0) is 34.5 Å². The summed E-state index contributed by atoms with van der Waals surface area (Å²) >= 11 is 5.79. The zero-order valence-electron chi connectivity index (χ0n) is 14.1. The van der Waals surface area contributed by atoms with Gasteiger partial charge in [0.05, 0.1) is 6.21 Å². The van der Waals surface area contributed by atoms with Crippen LogP contribution in [0.5, 0.6) is 5.75 Å². The molecule has 0 fully saturated rings. The topological polar surface area (TPSA) is 90.8 Å². The van der Waals surface area contributed by atoms with Crippen molar-refractivity contribution < 1.29 is 14.7 Å². The zero-order chi connectivity index (χ0) is 19.2. The van der Waals surface area contributed by atoms with Crippen molar-refractivity contribution >= 4 is 40.4 Å². The molecule has 6 nitrogen and oxygen atoms in total. The molecule has 0 atom stereocenters.